The molecule has 2 aliphatic rings. The summed E-state index contributed by atoms with van der Waals surface area (Å²) in [6.45, 7) is 3.12. The number of unbranched alkanes of at least 4 members (excludes halogenated alkanes) is 1. The molecule has 1 aliphatic carbocycles. The Hall–Kier alpha value is -1.68. The molecule has 0 aromatic rings. The largest absolute Gasteiger partial charge is 0.396 e. The van der Waals surface area contributed by atoms with Gasteiger partial charge in [-0.15, -0.1) is 0 Å². The van der Waals surface area contributed by atoms with Crippen LogP contribution in [0.1, 0.15) is 46.0 Å². The fourth-order valence-corrected chi connectivity index (χ4v) is 5.81. The Kier molecular flexibility index (Phi) is 17.0. The van der Waals surface area contributed by atoms with Gasteiger partial charge in [-0.25, -0.2) is 0 Å². The number of aliphatic hydroxyl groups excluding tert-OH is 6. The number of aliphatic hydroxyl groups is 6. The number of hydrogen-bond donors (Lipinski definition) is 12. The molecule has 2 fully saturated rings. The van der Waals surface area contributed by atoms with Crippen molar-refractivity contribution >= 4 is 29.5 Å². The molecule has 1 saturated carbocycles. The van der Waals surface area contributed by atoms with Crippen molar-refractivity contribution in [3.63, 3.8) is 0 Å². The lowest BCUT2D eigenvalue weighted by molar-refractivity contribution is -0.288. The summed E-state index contributed by atoms with van der Waals surface area (Å²) in [6.07, 6.45) is -8.55. The zero-order valence-corrected chi connectivity index (χ0v) is 27.3. The van der Waals surface area contributed by atoms with Gasteiger partial charge in [0.15, 0.2) is 6.29 Å². The standard InChI is InChI=1S/C28H54N6O11S/c1-28(2,13-35)25(42)26(43)33-7-6-18(37)32-8-10-46-9-4-3-5-17(36)34-12-16-21(39)22(40)19(31)27(44-16)45-24-15(30)11-14(29)20(38)23(24)41/h14-16,19-25,27,35,38-42H,3-13,29-31H2,1-2H3,(H,32,37)(H,33,43)(H,34,36)/t14-,15+,16-,19-,20+,21-,22-,23-,24-,25+,27-/m1/s1. The third-order valence-corrected chi connectivity index (χ3v) is 9.26. The molecule has 1 aliphatic heterocycles. The second-order valence-electron chi connectivity index (χ2n) is 12.6. The Bertz CT molecular complexity index is 969. The van der Waals surface area contributed by atoms with Gasteiger partial charge in [-0.2, -0.15) is 11.8 Å². The van der Waals surface area contributed by atoms with Crippen molar-refractivity contribution in [3.8, 4) is 0 Å². The summed E-state index contributed by atoms with van der Waals surface area (Å²) < 4.78 is 11.5. The highest BCUT2D eigenvalue weighted by Crippen LogP contribution is 2.27. The van der Waals surface area contributed by atoms with E-state index < -0.39 is 78.5 Å². The summed E-state index contributed by atoms with van der Waals surface area (Å²) in [5.74, 6) is 0.253. The lowest BCUT2D eigenvalue weighted by Crippen LogP contribution is -2.67. The van der Waals surface area contributed by atoms with Crippen LogP contribution in [0.4, 0.5) is 0 Å². The van der Waals surface area contributed by atoms with Gasteiger partial charge in [0.05, 0.1) is 18.8 Å². The zero-order valence-electron chi connectivity index (χ0n) is 26.5. The Morgan fingerprint density at radius 1 is 0.891 bits per heavy atom. The average Bonchev–Trinajstić information content (AvgIpc) is 3.01. The van der Waals surface area contributed by atoms with Gasteiger partial charge >= 0.3 is 0 Å². The first kappa shape index (κ1) is 40.5. The first-order valence-electron chi connectivity index (χ1n) is 15.6. The quantitative estimate of drug-likeness (QED) is 0.0602. The third kappa shape index (κ3) is 12.1. The van der Waals surface area contributed by atoms with Crippen molar-refractivity contribution in [1.29, 1.82) is 0 Å². The molecule has 18 heteroatoms. The van der Waals surface area contributed by atoms with Crippen LogP contribution in [-0.4, -0.2) is 153 Å². The molecule has 268 valence electrons. The van der Waals surface area contributed by atoms with Gasteiger partial charge in [-0.3, -0.25) is 14.4 Å². The van der Waals surface area contributed by atoms with Crippen LogP contribution in [-0.2, 0) is 23.9 Å². The molecule has 0 aromatic carbocycles. The van der Waals surface area contributed by atoms with E-state index in [0.717, 1.165) is 12.2 Å². The number of ether oxygens (including phenoxy) is 2. The first-order chi connectivity index (χ1) is 21.6. The van der Waals surface area contributed by atoms with Gasteiger partial charge in [0.2, 0.25) is 17.7 Å². The van der Waals surface area contributed by atoms with Crippen LogP contribution in [0.25, 0.3) is 0 Å². The number of thioether (sulfide) groups is 1. The van der Waals surface area contributed by atoms with Gasteiger partial charge in [0, 0.05) is 55.7 Å². The number of amides is 3. The molecular weight excluding hydrogens is 628 g/mol. The van der Waals surface area contributed by atoms with Crippen molar-refractivity contribution < 1.29 is 54.5 Å². The summed E-state index contributed by atoms with van der Waals surface area (Å²) in [5, 5.41) is 68.4. The number of rotatable bonds is 18. The van der Waals surface area contributed by atoms with Crippen LogP contribution >= 0.6 is 11.8 Å². The molecule has 0 radical (unpaired) electrons. The maximum absolute atomic E-state index is 12.4. The summed E-state index contributed by atoms with van der Waals surface area (Å²) in [7, 11) is 0. The highest BCUT2D eigenvalue weighted by molar-refractivity contribution is 7.99. The molecule has 11 atom stereocenters. The number of hydrogen-bond acceptors (Lipinski definition) is 15. The molecule has 0 aromatic heterocycles. The van der Waals surface area contributed by atoms with Crippen LogP contribution in [0.2, 0.25) is 0 Å². The number of nitrogens with two attached hydrogens (primary N) is 3. The number of carbonyl (C=O) groups is 3. The molecule has 17 nitrogen and oxygen atoms in total. The van der Waals surface area contributed by atoms with E-state index in [0.29, 0.717) is 18.7 Å². The molecule has 15 N–H and O–H groups in total. The maximum atomic E-state index is 12.4. The molecule has 2 rings (SSSR count). The van der Waals surface area contributed by atoms with Crippen molar-refractivity contribution in [2.45, 2.75) is 113 Å². The van der Waals surface area contributed by atoms with Crippen LogP contribution in [0.15, 0.2) is 0 Å². The molecule has 3 amide bonds. The van der Waals surface area contributed by atoms with E-state index in [1.54, 1.807) is 25.6 Å². The minimum absolute atomic E-state index is 0.0529. The minimum Gasteiger partial charge on any atom is -0.396 e. The van der Waals surface area contributed by atoms with Crippen molar-refractivity contribution in [3.05, 3.63) is 0 Å². The van der Waals surface area contributed by atoms with Gasteiger partial charge in [0.25, 0.3) is 0 Å². The van der Waals surface area contributed by atoms with E-state index in [1.165, 1.54) is 0 Å². The van der Waals surface area contributed by atoms with Gasteiger partial charge < -0.3 is 73.3 Å². The Morgan fingerprint density at radius 2 is 1.57 bits per heavy atom. The van der Waals surface area contributed by atoms with E-state index in [2.05, 4.69) is 16.0 Å². The lowest BCUT2D eigenvalue weighted by Gasteiger charge is -2.45. The summed E-state index contributed by atoms with van der Waals surface area (Å²) in [5.41, 5.74) is 16.8. The van der Waals surface area contributed by atoms with Crippen molar-refractivity contribution in [2.75, 3.05) is 37.7 Å². The Labute approximate surface area is 273 Å². The van der Waals surface area contributed by atoms with E-state index in [9.17, 15) is 45.0 Å². The van der Waals surface area contributed by atoms with Crippen LogP contribution in [0, 0.1) is 5.41 Å². The topological polar surface area (TPSA) is 305 Å². The van der Waals surface area contributed by atoms with Crippen molar-refractivity contribution in [1.82, 2.24) is 16.0 Å². The molecule has 0 bridgehead atoms. The van der Waals surface area contributed by atoms with Crippen LogP contribution < -0.4 is 33.2 Å². The highest BCUT2D eigenvalue weighted by Gasteiger charge is 2.48. The third-order valence-electron chi connectivity index (χ3n) is 8.19. The predicted molar refractivity (Wildman–Crippen MR) is 168 cm³/mol. The molecule has 46 heavy (non-hydrogen) atoms. The predicted octanol–water partition coefficient (Wildman–Crippen LogP) is -5.05. The minimum atomic E-state index is -1.45. The zero-order chi connectivity index (χ0) is 34.6. The normalized spacial score (nSPS) is 32.4. The summed E-state index contributed by atoms with van der Waals surface area (Å²) in [4.78, 5) is 36.2. The summed E-state index contributed by atoms with van der Waals surface area (Å²) >= 11 is 1.61. The SMILES string of the molecule is CC(C)(CO)[C@@H](O)C(=O)NCCC(=O)NCCSCCCCC(=O)NC[C@H]1O[C@H](O[C@H]2[C@H](O)[C@@H](O)[C@H](N)C[C@@H]2N)[C@H](N)[C@@H](O)[C@@H]1O. The molecular formula is C28H54N6O11S. The fourth-order valence-electron chi connectivity index (χ4n) is 4.95. The van der Waals surface area contributed by atoms with E-state index in [4.69, 9.17) is 26.7 Å². The molecule has 1 heterocycles. The van der Waals surface area contributed by atoms with Crippen molar-refractivity contribution in [2.24, 2.45) is 22.6 Å². The molecule has 1 saturated heterocycles. The number of nitrogens with one attached hydrogen (secondary N) is 3. The van der Waals surface area contributed by atoms with E-state index in [-0.39, 0.29) is 50.8 Å². The molecule has 0 spiro atoms. The summed E-state index contributed by atoms with van der Waals surface area (Å²) in [6, 6.07) is -2.65. The maximum Gasteiger partial charge on any atom is 0.249 e. The monoisotopic (exact) mass is 682 g/mol. The van der Waals surface area contributed by atoms with Gasteiger partial charge in [-0.1, -0.05) is 13.8 Å². The Morgan fingerprint density at radius 3 is 2.24 bits per heavy atom. The second kappa shape index (κ2) is 19.4. The number of carbonyl (C=O) groups excluding carboxylic acids is 3. The average molecular weight is 683 g/mol. The fraction of sp³-hybridized carbons (Fsp3) is 0.893. The van der Waals surface area contributed by atoms with E-state index in [1.807, 2.05) is 0 Å². The lowest BCUT2D eigenvalue weighted by atomic mass is 9.84. The van der Waals surface area contributed by atoms with E-state index >= 15 is 0 Å². The second-order valence-corrected chi connectivity index (χ2v) is 13.8. The van der Waals surface area contributed by atoms with Gasteiger partial charge in [-0.05, 0) is 25.0 Å². The van der Waals surface area contributed by atoms with Crippen LogP contribution in [0.5, 0.6) is 0 Å². The highest BCUT2D eigenvalue weighted by atomic mass is 32.2. The molecule has 0 unspecified atom stereocenters. The van der Waals surface area contributed by atoms with Gasteiger partial charge in [0.1, 0.15) is 36.6 Å². The Balaban J connectivity index is 1.59. The first-order valence-corrected chi connectivity index (χ1v) is 16.7. The smallest absolute Gasteiger partial charge is 0.249 e. The van der Waals surface area contributed by atoms with Crippen LogP contribution in [0.3, 0.4) is 0 Å².